The first-order valence-corrected chi connectivity index (χ1v) is 7.49. The molecule has 2 aromatic rings. The van der Waals surface area contributed by atoms with Crippen molar-refractivity contribution >= 4 is 16.7 Å². The van der Waals surface area contributed by atoms with Crippen molar-refractivity contribution < 1.29 is 4.39 Å². The van der Waals surface area contributed by atoms with Crippen LogP contribution in [0, 0.1) is 5.82 Å². The lowest BCUT2D eigenvalue weighted by atomic mass is 10.1. The fourth-order valence-corrected chi connectivity index (χ4v) is 2.18. The molecule has 0 atom stereocenters. The summed E-state index contributed by atoms with van der Waals surface area (Å²) in [4.78, 5) is 8.33. The molecule has 0 radical (unpaired) electrons. The number of hydrogen-bond donors (Lipinski definition) is 1. The number of benzene rings is 1. The zero-order valence-corrected chi connectivity index (χ0v) is 13.4. The van der Waals surface area contributed by atoms with E-state index in [9.17, 15) is 4.39 Å². The number of rotatable bonds is 6. The van der Waals surface area contributed by atoms with E-state index in [1.54, 1.807) is 6.07 Å². The largest absolute Gasteiger partial charge is 0.366 e. The van der Waals surface area contributed by atoms with Crippen molar-refractivity contribution in [3.05, 3.63) is 53.6 Å². The fourth-order valence-electron chi connectivity index (χ4n) is 2.18. The Balaban J connectivity index is 1.98. The van der Waals surface area contributed by atoms with Crippen LogP contribution in [0.3, 0.4) is 0 Å². The molecule has 4 heteroatoms. The van der Waals surface area contributed by atoms with Crippen molar-refractivity contribution in [2.45, 2.75) is 33.6 Å². The van der Waals surface area contributed by atoms with Crippen molar-refractivity contribution in [1.82, 2.24) is 9.97 Å². The molecular formula is C18H22FN3. The minimum Gasteiger partial charge on any atom is -0.366 e. The molecular weight excluding hydrogens is 277 g/mol. The number of nitrogens with one attached hydrogen (secondary N) is 1. The minimum absolute atomic E-state index is 0.285. The maximum atomic E-state index is 13.2. The number of nitrogens with zero attached hydrogens (tertiary/aromatic N) is 2. The molecule has 1 aromatic carbocycles. The van der Waals surface area contributed by atoms with Crippen LogP contribution < -0.4 is 5.32 Å². The molecule has 0 spiro atoms. The molecule has 0 aliphatic heterocycles. The summed E-state index contributed by atoms with van der Waals surface area (Å²) < 4.78 is 13.2. The molecule has 0 unspecified atom stereocenters. The number of halogens is 1. The first-order valence-electron chi connectivity index (χ1n) is 7.49. The van der Waals surface area contributed by atoms with Gasteiger partial charge in [0, 0.05) is 18.0 Å². The van der Waals surface area contributed by atoms with E-state index in [4.69, 9.17) is 0 Å². The normalized spacial score (nSPS) is 11.5. The highest BCUT2D eigenvalue weighted by atomic mass is 19.1. The minimum atomic E-state index is -0.285. The van der Waals surface area contributed by atoms with Gasteiger partial charge in [-0.05, 0) is 45.7 Å². The summed E-state index contributed by atoms with van der Waals surface area (Å²) in [5.74, 6) is 0.450. The first kappa shape index (κ1) is 16.1. The Morgan fingerprint density at radius 2 is 2.00 bits per heavy atom. The molecule has 0 aliphatic rings. The Morgan fingerprint density at radius 3 is 2.77 bits per heavy atom. The molecule has 0 fully saturated rings. The van der Waals surface area contributed by atoms with Gasteiger partial charge in [0.2, 0.25) is 0 Å². The SMILES string of the molecule is CC(C)=CCC/C(C)=C/CNc1ncnc2cc(F)ccc12. The van der Waals surface area contributed by atoms with Crippen molar-refractivity contribution in [1.29, 1.82) is 0 Å². The van der Waals surface area contributed by atoms with Crippen molar-refractivity contribution in [3.8, 4) is 0 Å². The van der Waals surface area contributed by atoms with Crippen LogP contribution in [-0.2, 0) is 0 Å². The van der Waals surface area contributed by atoms with Crippen LogP contribution in [0.5, 0.6) is 0 Å². The summed E-state index contributed by atoms with van der Waals surface area (Å²) in [5, 5.41) is 4.10. The fraction of sp³-hybridized carbons (Fsp3) is 0.333. The number of hydrogen-bond acceptors (Lipinski definition) is 3. The molecule has 116 valence electrons. The van der Waals surface area contributed by atoms with Crippen LogP contribution in [0.2, 0.25) is 0 Å². The van der Waals surface area contributed by atoms with Gasteiger partial charge in [-0.2, -0.15) is 0 Å². The Morgan fingerprint density at radius 1 is 1.18 bits per heavy atom. The first-order chi connectivity index (χ1) is 10.6. The van der Waals surface area contributed by atoms with Gasteiger partial charge in [0.1, 0.15) is 18.0 Å². The lowest BCUT2D eigenvalue weighted by Gasteiger charge is -2.07. The van der Waals surface area contributed by atoms with E-state index in [0.717, 1.165) is 24.0 Å². The van der Waals surface area contributed by atoms with Crippen LogP contribution in [0.25, 0.3) is 10.9 Å². The van der Waals surface area contributed by atoms with Crippen molar-refractivity contribution in [2.24, 2.45) is 0 Å². The number of allylic oxidation sites excluding steroid dienone is 3. The number of aromatic nitrogens is 2. The van der Waals surface area contributed by atoms with Gasteiger partial charge in [0.15, 0.2) is 0 Å². The van der Waals surface area contributed by atoms with E-state index in [0.29, 0.717) is 12.1 Å². The van der Waals surface area contributed by atoms with E-state index in [-0.39, 0.29) is 5.82 Å². The highest BCUT2D eigenvalue weighted by molar-refractivity contribution is 5.88. The third-order valence-electron chi connectivity index (χ3n) is 3.41. The summed E-state index contributed by atoms with van der Waals surface area (Å²) in [6, 6.07) is 4.55. The van der Waals surface area contributed by atoms with Crippen LogP contribution in [0.1, 0.15) is 33.6 Å². The zero-order valence-electron chi connectivity index (χ0n) is 13.4. The molecule has 0 saturated carbocycles. The van der Waals surface area contributed by atoms with E-state index in [1.165, 1.54) is 29.6 Å². The quantitative estimate of drug-likeness (QED) is 0.773. The van der Waals surface area contributed by atoms with Gasteiger partial charge in [-0.25, -0.2) is 14.4 Å². The highest BCUT2D eigenvalue weighted by Crippen LogP contribution is 2.19. The number of fused-ring (bicyclic) bond motifs is 1. The smallest absolute Gasteiger partial charge is 0.137 e. The molecule has 1 heterocycles. The zero-order chi connectivity index (χ0) is 15.9. The van der Waals surface area contributed by atoms with Gasteiger partial charge in [-0.1, -0.05) is 23.3 Å². The van der Waals surface area contributed by atoms with E-state index < -0.39 is 0 Å². The van der Waals surface area contributed by atoms with Crippen molar-refractivity contribution in [3.63, 3.8) is 0 Å². The van der Waals surface area contributed by atoms with Gasteiger partial charge >= 0.3 is 0 Å². The second kappa shape index (κ2) is 7.69. The Bertz CT molecular complexity index is 701. The summed E-state index contributed by atoms with van der Waals surface area (Å²) in [6.45, 7) is 7.06. The standard InChI is InChI=1S/C18H22FN3/c1-13(2)5-4-6-14(3)9-10-20-18-16-8-7-15(19)11-17(16)21-12-22-18/h5,7-9,11-12H,4,6,10H2,1-3H3,(H,20,21,22)/b14-9+. The average Bonchev–Trinajstić information content (AvgIpc) is 2.46. The van der Waals surface area contributed by atoms with Gasteiger partial charge in [0.05, 0.1) is 5.52 Å². The van der Waals surface area contributed by atoms with Crippen LogP contribution in [0.15, 0.2) is 47.8 Å². The third kappa shape index (κ3) is 4.65. The topological polar surface area (TPSA) is 37.8 Å². The van der Waals surface area contributed by atoms with Gasteiger partial charge in [-0.15, -0.1) is 0 Å². The van der Waals surface area contributed by atoms with Crippen LogP contribution >= 0.6 is 0 Å². The maximum Gasteiger partial charge on any atom is 0.137 e. The molecule has 0 bridgehead atoms. The van der Waals surface area contributed by atoms with E-state index >= 15 is 0 Å². The average molecular weight is 299 g/mol. The van der Waals surface area contributed by atoms with Crippen LogP contribution in [-0.4, -0.2) is 16.5 Å². The highest BCUT2D eigenvalue weighted by Gasteiger charge is 2.03. The second-order valence-electron chi connectivity index (χ2n) is 5.64. The summed E-state index contributed by atoms with van der Waals surface area (Å²) in [5.41, 5.74) is 3.31. The lowest BCUT2D eigenvalue weighted by Crippen LogP contribution is -2.02. The molecule has 0 amide bonds. The molecule has 0 saturated heterocycles. The molecule has 22 heavy (non-hydrogen) atoms. The Hall–Kier alpha value is -2.23. The predicted molar refractivity (Wildman–Crippen MR) is 90.4 cm³/mol. The third-order valence-corrected chi connectivity index (χ3v) is 3.41. The van der Waals surface area contributed by atoms with Crippen LogP contribution in [0.4, 0.5) is 10.2 Å². The lowest BCUT2D eigenvalue weighted by molar-refractivity contribution is 0.629. The van der Waals surface area contributed by atoms with Gasteiger partial charge in [-0.3, -0.25) is 0 Å². The second-order valence-corrected chi connectivity index (χ2v) is 5.64. The molecule has 2 rings (SSSR count). The molecule has 1 aromatic heterocycles. The summed E-state index contributed by atoms with van der Waals surface area (Å²) >= 11 is 0. The summed E-state index contributed by atoms with van der Waals surface area (Å²) in [6.07, 6.45) is 7.99. The van der Waals surface area contributed by atoms with E-state index in [2.05, 4.69) is 48.2 Å². The Labute approximate surface area is 131 Å². The molecule has 1 N–H and O–H groups in total. The van der Waals surface area contributed by atoms with Crippen molar-refractivity contribution in [2.75, 3.05) is 11.9 Å². The molecule has 0 aliphatic carbocycles. The maximum absolute atomic E-state index is 13.2. The number of anilines is 1. The monoisotopic (exact) mass is 299 g/mol. The Kier molecular flexibility index (Phi) is 5.64. The van der Waals surface area contributed by atoms with Gasteiger partial charge in [0.25, 0.3) is 0 Å². The van der Waals surface area contributed by atoms with Gasteiger partial charge < -0.3 is 5.32 Å². The van der Waals surface area contributed by atoms with E-state index in [1.807, 2.05) is 0 Å². The predicted octanol–water partition coefficient (Wildman–Crippen LogP) is 4.87. The summed E-state index contributed by atoms with van der Waals surface area (Å²) in [7, 11) is 0. The molecule has 3 nitrogen and oxygen atoms in total.